The van der Waals surface area contributed by atoms with Crippen LogP contribution in [0.2, 0.25) is 0 Å². The van der Waals surface area contributed by atoms with Crippen LogP contribution in [-0.2, 0) is 14.3 Å². The Morgan fingerprint density at radius 1 is 1.60 bits per heavy atom. The highest BCUT2D eigenvalue weighted by atomic mass is 16.6. The lowest BCUT2D eigenvalue weighted by Gasteiger charge is -1.90. The smallest absolute Gasteiger partial charge is 0.337 e. The number of esters is 1. The van der Waals surface area contributed by atoms with E-state index in [1.54, 1.807) is 0 Å². The van der Waals surface area contributed by atoms with Gasteiger partial charge in [0.05, 0.1) is 13.2 Å². The minimum Gasteiger partial charge on any atom is -0.467 e. The van der Waals surface area contributed by atoms with Gasteiger partial charge in [-0.15, -0.1) is 0 Å². The van der Waals surface area contributed by atoms with E-state index in [0.29, 0.717) is 5.92 Å². The average Bonchev–Trinajstić information content (AvgIpc) is 2.74. The van der Waals surface area contributed by atoms with E-state index in [9.17, 15) is 4.79 Å². The van der Waals surface area contributed by atoms with Gasteiger partial charge in [0.2, 0.25) is 0 Å². The summed E-state index contributed by atoms with van der Waals surface area (Å²) in [7, 11) is 1.40. The van der Waals surface area contributed by atoms with Crippen LogP contribution in [0.25, 0.3) is 0 Å². The maximum atomic E-state index is 10.8. The Balaban J connectivity index is 1.82. The van der Waals surface area contributed by atoms with Gasteiger partial charge in [-0.3, -0.25) is 0 Å². The summed E-state index contributed by atoms with van der Waals surface area (Å²) in [5, 5.41) is 0. The molecule has 0 amide bonds. The summed E-state index contributed by atoms with van der Waals surface area (Å²) in [6, 6.07) is 0. The lowest BCUT2D eigenvalue weighted by molar-refractivity contribution is -0.142. The molecule has 1 aliphatic carbocycles. The normalized spacial score (nSPS) is 37.3. The molecule has 1 saturated heterocycles. The van der Waals surface area contributed by atoms with Crippen molar-refractivity contribution < 1.29 is 14.3 Å². The van der Waals surface area contributed by atoms with E-state index in [1.165, 1.54) is 20.0 Å². The Morgan fingerprint density at radius 2 is 2.30 bits per heavy atom. The van der Waals surface area contributed by atoms with Gasteiger partial charge < -0.3 is 9.47 Å². The predicted molar refractivity (Wildman–Crippen MR) is 33.4 cm³/mol. The predicted octanol–water partition coefficient (Wildman–Crippen LogP) is 0.337. The summed E-state index contributed by atoms with van der Waals surface area (Å²) in [4.78, 5) is 10.8. The molecule has 3 heteroatoms. The maximum Gasteiger partial charge on any atom is 0.337 e. The monoisotopic (exact) mass is 142 g/mol. The van der Waals surface area contributed by atoms with Crippen molar-refractivity contribution in [2.75, 3.05) is 7.11 Å². The van der Waals surface area contributed by atoms with E-state index in [0.717, 1.165) is 0 Å². The Bertz CT molecular complexity index is 162. The maximum absolute atomic E-state index is 10.8. The van der Waals surface area contributed by atoms with Crippen molar-refractivity contribution in [1.82, 2.24) is 0 Å². The fraction of sp³-hybridized carbons (Fsp3) is 0.857. The molecule has 2 fully saturated rings. The molecule has 2 unspecified atom stereocenters. The molecule has 3 nitrogen and oxygen atoms in total. The van der Waals surface area contributed by atoms with Gasteiger partial charge in [-0.1, -0.05) is 0 Å². The third-order valence-corrected chi connectivity index (χ3v) is 2.05. The second-order valence-corrected chi connectivity index (χ2v) is 2.88. The minimum absolute atomic E-state index is 0.201. The molecular formula is C7H10O3. The summed E-state index contributed by atoms with van der Waals surface area (Å²) >= 11 is 0. The highest BCUT2D eigenvalue weighted by Crippen LogP contribution is 2.44. The Labute approximate surface area is 59.3 Å². The highest BCUT2D eigenvalue weighted by Gasteiger charge is 2.54. The van der Waals surface area contributed by atoms with Crippen molar-refractivity contribution in [3.8, 4) is 0 Å². The molecule has 0 radical (unpaired) electrons. The van der Waals surface area contributed by atoms with E-state index in [-0.39, 0.29) is 18.2 Å². The van der Waals surface area contributed by atoms with Crippen molar-refractivity contribution in [3.05, 3.63) is 0 Å². The Kier molecular flexibility index (Phi) is 1.20. The molecule has 2 rings (SSSR count). The van der Waals surface area contributed by atoms with E-state index in [1.807, 2.05) is 0 Å². The summed E-state index contributed by atoms with van der Waals surface area (Å²) < 4.78 is 9.64. The van der Waals surface area contributed by atoms with Crippen LogP contribution in [0.4, 0.5) is 0 Å². The third kappa shape index (κ3) is 0.904. The fourth-order valence-electron chi connectivity index (χ4n) is 1.21. The first kappa shape index (κ1) is 6.16. The average molecular weight is 142 g/mol. The first-order valence-electron chi connectivity index (χ1n) is 3.56. The topological polar surface area (TPSA) is 38.8 Å². The van der Waals surface area contributed by atoms with Crippen molar-refractivity contribution in [1.29, 1.82) is 0 Å². The number of methoxy groups -OCH3 is 1. The number of rotatable bonds is 2. The summed E-state index contributed by atoms with van der Waals surface area (Å²) in [5.74, 6) is 0.445. The van der Waals surface area contributed by atoms with Crippen LogP contribution in [0.15, 0.2) is 0 Å². The lowest BCUT2D eigenvalue weighted by atomic mass is 10.2. The van der Waals surface area contributed by atoms with Crippen LogP contribution in [0.1, 0.15) is 12.8 Å². The Hall–Kier alpha value is -0.570. The first-order chi connectivity index (χ1) is 4.83. The van der Waals surface area contributed by atoms with Crippen LogP contribution in [-0.4, -0.2) is 25.3 Å². The van der Waals surface area contributed by atoms with Crippen LogP contribution in [0, 0.1) is 5.92 Å². The van der Waals surface area contributed by atoms with Crippen LogP contribution < -0.4 is 0 Å². The summed E-state index contributed by atoms with van der Waals surface area (Å²) in [6.45, 7) is 0. The number of ether oxygens (including phenoxy) is 2. The fourth-order valence-corrected chi connectivity index (χ4v) is 1.21. The second kappa shape index (κ2) is 1.95. The van der Waals surface area contributed by atoms with Crippen molar-refractivity contribution in [3.63, 3.8) is 0 Å². The molecule has 0 spiro atoms. The number of carbonyl (C=O) groups excluding carboxylic acids is 1. The van der Waals surface area contributed by atoms with Gasteiger partial charge in [0.15, 0.2) is 6.10 Å². The van der Waals surface area contributed by atoms with Crippen LogP contribution in [0.3, 0.4) is 0 Å². The largest absolute Gasteiger partial charge is 0.467 e. The van der Waals surface area contributed by atoms with Gasteiger partial charge in [-0.05, 0) is 18.8 Å². The van der Waals surface area contributed by atoms with Crippen molar-refractivity contribution in [2.45, 2.75) is 25.0 Å². The van der Waals surface area contributed by atoms with E-state index >= 15 is 0 Å². The van der Waals surface area contributed by atoms with Crippen LogP contribution in [0.5, 0.6) is 0 Å². The minimum atomic E-state index is -0.225. The van der Waals surface area contributed by atoms with E-state index in [2.05, 4.69) is 4.74 Å². The zero-order valence-corrected chi connectivity index (χ0v) is 5.87. The van der Waals surface area contributed by atoms with Crippen LogP contribution >= 0.6 is 0 Å². The SMILES string of the molecule is COC(=O)C1OC1C1CC1. The number of carbonyl (C=O) groups is 1. The van der Waals surface area contributed by atoms with Gasteiger partial charge in [0.1, 0.15) is 0 Å². The molecule has 1 heterocycles. The Morgan fingerprint density at radius 3 is 2.80 bits per heavy atom. The second-order valence-electron chi connectivity index (χ2n) is 2.88. The number of hydrogen-bond acceptors (Lipinski definition) is 3. The molecule has 0 bridgehead atoms. The zero-order valence-electron chi connectivity index (χ0n) is 5.87. The number of epoxide rings is 1. The molecule has 56 valence electrons. The molecule has 0 aromatic rings. The third-order valence-electron chi connectivity index (χ3n) is 2.05. The van der Waals surface area contributed by atoms with Crippen molar-refractivity contribution >= 4 is 5.97 Å². The van der Waals surface area contributed by atoms with Gasteiger partial charge in [-0.25, -0.2) is 4.79 Å². The molecule has 0 N–H and O–H groups in total. The first-order valence-corrected chi connectivity index (χ1v) is 3.56. The molecule has 0 aromatic carbocycles. The zero-order chi connectivity index (χ0) is 7.14. The number of hydrogen-bond donors (Lipinski definition) is 0. The molecule has 10 heavy (non-hydrogen) atoms. The quantitative estimate of drug-likeness (QED) is 0.412. The van der Waals surface area contributed by atoms with Crippen molar-refractivity contribution in [2.24, 2.45) is 5.92 Å². The van der Waals surface area contributed by atoms with E-state index < -0.39 is 0 Å². The highest BCUT2D eigenvalue weighted by molar-refractivity contribution is 5.78. The summed E-state index contributed by atoms with van der Waals surface area (Å²) in [6.07, 6.45) is 2.42. The van der Waals surface area contributed by atoms with Gasteiger partial charge in [-0.2, -0.15) is 0 Å². The summed E-state index contributed by atoms with van der Waals surface area (Å²) in [5.41, 5.74) is 0. The molecule has 1 saturated carbocycles. The van der Waals surface area contributed by atoms with Gasteiger partial charge >= 0.3 is 5.97 Å². The molecule has 1 aliphatic heterocycles. The molecule has 0 aromatic heterocycles. The standard InChI is InChI=1S/C7H10O3/c1-9-7(8)6-5(10-6)4-2-3-4/h4-6H,2-3H2,1H3. The molecular weight excluding hydrogens is 132 g/mol. The molecule has 2 atom stereocenters. The van der Waals surface area contributed by atoms with E-state index in [4.69, 9.17) is 4.74 Å². The van der Waals surface area contributed by atoms with Gasteiger partial charge in [0.25, 0.3) is 0 Å². The lowest BCUT2D eigenvalue weighted by Crippen LogP contribution is -2.12. The molecule has 2 aliphatic rings. The van der Waals surface area contributed by atoms with Gasteiger partial charge in [0, 0.05) is 0 Å².